The second kappa shape index (κ2) is 65.0. The fraction of sp³-hybridized carbons (Fsp3) is 0.424. The van der Waals surface area contributed by atoms with Gasteiger partial charge in [0.25, 0.3) is 0 Å². The third kappa shape index (κ3) is 40.4. The molecular formula is C125H160O22. The second-order valence-electron chi connectivity index (χ2n) is 38.2. The van der Waals surface area contributed by atoms with Crippen LogP contribution in [0.2, 0.25) is 0 Å². The molecule has 9 rings (SSSR count). The van der Waals surface area contributed by atoms with Gasteiger partial charge < -0.3 is 78.0 Å². The number of unbranched alkanes of at least 4 members (excludes halogenated alkanes) is 4. The van der Waals surface area contributed by atoms with Crippen LogP contribution in [-0.4, -0.2) is 172 Å². The lowest BCUT2D eigenvalue weighted by Gasteiger charge is -2.24. The van der Waals surface area contributed by atoms with Crippen molar-refractivity contribution in [2.75, 3.05) is 106 Å². The van der Waals surface area contributed by atoms with Crippen LogP contribution in [0.25, 0.3) is 66.8 Å². The fourth-order valence-electron chi connectivity index (χ4n) is 16.5. The molecule has 9 aromatic carbocycles. The highest BCUT2D eigenvalue weighted by Gasteiger charge is 2.26. The van der Waals surface area contributed by atoms with E-state index in [0.29, 0.717) is 75.9 Å². The van der Waals surface area contributed by atoms with Gasteiger partial charge >= 0.3 is 35.8 Å². The van der Waals surface area contributed by atoms with Crippen LogP contribution in [-0.2, 0) is 121 Å². The second-order valence-corrected chi connectivity index (χ2v) is 38.2. The minimum Gasteiger partial charge on any atom is -0.489 e. The van der Waals surface area contributed by atoms with Crippen molar-refractivity contribution in [3.63, 3.8) is 0 Å². The summed E-state index contributed by atoms with van der Waals surface area (Å²) in [5.74, 6) is -0.399. The normalized spacial score (nSPS) is 11.0. The molecule has 792 valence electrons. The maximum atomic E-state index is 12.1. The van der Waals surface area contributed by atoms with Crippen molar-refractivity contribution in [3.05, 3.63) is 298 Å². The standard InChI is InChI=1S/C44H58O8.C43H56O8.C38H46O6/c1-8-10-11-13-33-15-18-36(19-16-33)38-27-41(50-23-25-52-43(48)32(5)6)39(28-40(38)49-22-24-51-42(47)31(3)4)37-20-17-34(26-35(37)9-2)14-12-21-44(7,29-45)30-46;1-7-9-10-12-32-15-18-36(19-16-32)38-26-41(49-22-24-51-43(47)31(5)6)39(27-40(38)48-21-23-50-42(46)30(3)4)37-20-17-33(25-35(37)8-2)13-11-14-34(28-44)29-45;1-6-31-22-29(9-10-30(24-39)25-40)13-17-35(31)36-18-16-33(23-34(36)19-21-44-38(42)27(4)5)32-14-11-28(12-15-32)8-7-20-43-37(41)26(2)3/h15-20,26-28,45-46H,3,5,8-14,21-25,29-30H2,1-2,4,6-7H3;15-20,25-27,34,44-45H,3,5,7-14,21-24,28-29H2,1-2,4,6H3;11-18,22-23,30,39-40H,2,4,6-10,19-21,24-25H2,1,3,5H3. The molecule has 0 aromatic heterocycles. The van der Waals surface area contributed by atoms with Gasteiger partial charge in [0.2, 0.25) is 0 Å². The summed E-state index contributed by atoms with van der Waals surface area (Å²) >= 11 is 0. The molecule has 0 saturated heterocycles. The van der Waals surface area contributed by atoms with Gasteiger partial charge in [-0.15, -0.1) is 0 Å². The number of benzene rings is 9. The Bertz CT molecular complexity index is 5770. The van der Waals surface area contributed by atoms with E-state index in [9.17, 15) is 59.4 Å². The molecule has 0 atom stereocenters. The first-order chi connectivity index (χ1) is 70.7. The first kappa shape index (κ1) is 121. The van der Waals surface area contributed by atoms with Gasteiger partial charge in [-0.05, 0) is 275 Å². The highest BCUT2D eigenvalue weighted by molar-refractivity contribution is 5.91. The molecule has 0 spiro atoms. The Morgan fingerprint density at radius 3 is 0.905 bits per heavy atom. The molecular weight excluding hydrogens is 1850 g/mol. The number of esters is 6. The molecule has 0 radical (unpaired) electrons. The molecule has 0 heterocycles. The zero-order chi connectivity index (χ0) is 107. The van der Waals surface area contributed by atoms with Crippen LogP contribution in [0, 0.1) is 17.3 Å². The summed E-state index contributed by atoms with van der Waals surface area (Å²) in [6, 6.07) is 59.0. The maximum absolute atomic E-state index is 12.1. The van der Waals surface area contributed by atoms with E-state index in [1.165, 1.54) is 64.6 Å². The van der Waals surface area contributed by atoms with E-state index < -0.39 is 35.3 Å². The van der Waals surface area contributed by atoms with Crippen molar-refractivity contribution in [1.29, 1.82) is 0 Å². The largest absolute Gasteiger partial charge is 0.489 e. The third-order valence-electron chi connectivity index (χ3n) is 25.5. The molecule has 22 nitrogen and oxygen atoms in total. The Balaban J connectivity index is 0.000000300. The zero-order valence-corrected chi connectivity index (χ0v) is 89.1. The number of aryl methyl sites for hydroxylation is 9. The first-order valence-electron chi connectivity index (χ1n) is 52.0. The number of carbonyl (C=O) groups excluding carboxylic acids is 6. The average Bonchev–Trinajstić information content (AvgIpc) is 0.778. The Morgan fingerprint density at radius 1 is 0.265 bits per heavy atom. The van der Waals surface area contributed by atoms with Crippen LogP contribution in [0.4, 0.5) is 0 Å². The van der Waals surface area contributed by atoms with Crippen molar-refractivity contribution < 1.29 is 107 Å². The van der Waals surface area contributed by atoms with Gasteiger partial charge in [0, 0.05) is 106 Å². The first-order valence-corrected chi connectivity index (χ1v) is 52.0. The van der Waals surface area contributed by atoms with E-state index in [2.05, 4.69) is 220 Å². The van der Waals surface area contributed by atoms with E-state index in [4.69, 9.17) is 47.4 Å². The Morgan fingerprint density at radius 2 is 0.551 bits per heavy atom. The SMILES string of the molecule is C=C(C)C(=O)OCCCc1ccc(-c2ccc(-c3ccc(CCC(CO)CO)cc3CC)c(CCOC(=O)C(=C)C)c2)cc1.C=C(C)C(=O)OCCOc1cc(-c2ccc(CCCC(C)(CO)CO)cc2CC)c(OCCOC(=O)C(=C)C)cc1-c1ccc(CCCCC)cc1.C=C(C)C(=O)OCCOc1cc(-c2ccc(CCCC(CO)CO)cc2CC)c(OCCOC(=O)C(=C)C)cc1-c1ccc(CCCCC)cc1. The number of aliphatic hydroxyl groups excluding tert-OH is 6. The van der Waals surface area contributed by atoms with E-state index in [1.807, 2.05) is 31.2 Å². The summed E-state index contributed by atoms with van der Waals surface area (Å²) in [7, 11) is 0. The quantitative estimate of drug-likeness (QED) is 0.00893. The molecule has 9 aromatic rings. The Labute approximate surface area is 873 Å². The van der Waals surface area contributed by atoms with Crippen LogP contribution < -0.4 is 18.9 Å². The number of hydrogen-bond acceptors (Lipinski definition) is 22. The van der Waals surface area contributed by atoms with Crippen molar-refractivity contribution in [1.82, 2.24) is 0 Å². The molecule has 0 aliphatic heterocycles. The van der Waals surface area contributed by atoms with E-state index in [-0.39, 0.29) is 117 Å². The molecule has 22 heteroatoms. The van der Waals surface area contributed by atoms with Gasteiger partial charge in [-0.25, -0.2) is 28.8 Å². The monoisotopic (exact) mass is 2010 g/mol. The van der Waals surface area contributed by atoms with E-state index in [1.54, 1.807) is 41.5 Å². The summed E-state index contributed by atoms with van der Waals surface area (Å²) < 4.78 is 57.4. The summed E-state index contributed by atoms with van der Waals surface area (Å²) in [6.45, 7) is 45.5. The lowest BCUT2D eigenvalue weighted by Crippen LogP contribution is -2.25. The van der Waals surface area contributed by atoms with Crippen molar-refractivity contribution in [3.8, 4) is 89.8 Å². The van der Waals surface area contributed by atoms with Crippen LogP contribution in [0.5, 0.6) is 23.0 Å². The molecule has 0 unspecified atom stereocenters. The molecule has 0 amide bonds. The molecule has 0 saturated carbocycles. The lowest BCUT2D eigenvalue weighted by molar-refractivity contribution is -0.140. The van der Waals surface area contributed by atoms with Crippen molar-refractivity contribution >= 4 is 35.8 Å². The number of hydrogen-bond donors (Lipinski definition) is 6. The summed E-state index contributed by atoms with van der Waals surface area (Å²) in [4.78, 5) is 71.9. The smallest absolute Gasteiger partial charge is 0.333 e. The Hall–Kier alpha value is -12.8. The maximum Gasteiger partial charge on any atom is 0.333 e. The predicted molar refractivity (Wildman–Crippen MR) is 587 cm³/mol. The van der Waals surface area contributed by atoms with Gasteiger partial charge in [0.15, 0.2) is 0 Å². The van der Waals surface area contributed by atoms with Crippen LogP contribution in [0.1, 0.15) is 216 Å². The van der Waals surface area contributed by atoms with Gasteiger partial charge in [0.05, 0.1) is 26.4 Å². The summed E-state index contributed by atoms with van der Waals surface area (Å²) in [5, 5.41) is 57.3. The molecule has 6 N–H and O–H groups in total. The summed E-state index contributed by atoms with van der Waals surface area (Å²) in [5.41, 5.74) is 24.9. The highest BCUT2D eigenvalue weighted by Crippen LogP contribution is 2.46. The number of aliphatic hydroxyl groups is 6. The van der Waals surface area contributed by atoms with Crippen LogP contribution in [0.15, 0.2) is 243 Å². The average molecular weight is 2010 g/mol. The van der Waals surface area contributed by atoms with Crippen LogP contribution >= 0.6 is 0 Å². The number of ether oxygens (including phenoxy) is 10. The molecule has 147 heavy (non-hydrogen) atoms. The van der Waals surface area contributed by atoms with Crippen molar-refractivity contribution in [2.24, 2.45) is 17.3 Å². The summed E-state index contributed by atoms with van der Waals surface area (Å²) in [6.07, 6.45) is 19.8. The van der Waals surface area contributed by atoms with Crippen LogP contribution in [0.3, 0.4) is 0 Å². The fourth-order valence-corrected chi connectivity index (χ4v) is 16.5. The molecule has 0 aliphatic carbocycles. The minimum absolute atomic E-state index is 0.0173. The number of rotatable bonds is 63. The molecule has 0 bridgehead atoms. The van der Waals surface area contributed by atoms with Gasteiger partial charge in [0.1, 0.15) is 75.9 Å². The molecule has 0 aliphatic rings. The van der Waals surface area contributed by atoms with Crippen molar-refractivity contribution in [2.45, 2.75) is 224 Å². The highest BCUT2D eigenvalue weighted by atomic mass is 16.6. The zero-order valence-electron chi connectivity index (χ0n) is 89.1. The van der Waals surface area contributed by atoms with Gasteiger partial charge in [-0.2, -0.15) is 0 Å². The minimum atomic E-state index is -0.505. The topological polar surface area (TPSA) is 316 Å². The van der Waals surface area contributed by atoms with E-state index in [0.717, 1.165) is 186 Å². The van der Waals surface area contributed by atoms with Gasteiger partial charge in [-0.1, -0.05) is 252 Å². The predicted octanol–water partition coefficient (Wildman–Crippen LogP) is 23.7. The Kier molecular flexibility index (Phi) is 53.6. The van der Waals surface area contributed by atoms with E-state index >= 15 is 0 Å². The van der Waals surface area contributed by atoms with Gasteiger partial charge in [-0.3, -0.25) is 0 Å². The lowest BCUT2D eigenvalue weighted by atomic mass is 9.85. The molecule has 0 fully saturated rings. The number of carbonyl (C=O) groups is 6. The third-order valence-corrected chi connectivity index (χ3v) is 25.5.